The average Bonchev–Trinajstić information content (AvgIpc) is 3.13. The molecule has 7 heteroatoms. The van der Waals surface area contributed by atoms with Crippen LogP contribution in [0.1, 0.15) is 43.2 Å². The third-order valence-electron chi connectivity index (χ3n) is 5.70. The fourth-order valence-electron chi connectivity index (χ4n) is 3.80. The molecule has 3 amide bonds. The second-order valence-corrected chi connectivity index (χ2v) is 8.88. The summed E-state index contributed by atoms with van der Waals surface area (Å²) in [5.74, 6) is 0.164. The Labute approximate surface area is 180 Å². The van der Waals surface area contributed by atoms with Gasteiger partial charge in [0, 0.05) is 17.3 Å². The van der Waals surface area contributed by atoms with Gasteiger partial charge in [0.25, 0.3) is 0 Å². The lowest BCUT2D eigenvalue weighted by molar-refractivity contribution is -0.120. The summed E-state index contributed by atoms with van der Waals surface area (Å²) in [6.45, 7) is 3.99. The highest BCUT2D eigenvalue weighted by Crippen LogP contribution is 2.30. The number of aromatic nitrogens is 1. The van der Waals surface area contributed by atoms with Crippen LogP contribution in [0.5, 0.6) is 0 Å². The van der Waals surface area contributed by atoms with Crippen molar-refractivity contribution in [1.29, 1.82) is 0 Å². The van der Waals surface area contributed by atoms with E-state index >= 15 is 0 Å². The third kappa shape index (κ3) is 4.62. The molecular formula is C23H26N4O2S. The Morgan fingerprint density at radius 2 is 1.80 bits per heavy atom. The number of urea groups is 1. The standard InChI is InChI=1S/C23H26N4O2S/c1-14-7-6-10-18(15(14)2)25-22(29)24-17-11-12-20-19(13-17)26-23(30-20)27-21(28)16-8-4-3-5-9-16/h6-7,10-13,16H,3-5,8-9H2,1-2H3,(H2,24,25,29)(H,26,27,28). The second-order valence-electron chi connectivity index (χ2n) is 7.85. The minimum atomic E-state index is -0.302. The molecule has 156 valence electrons. The first-order chi connectivity index (χ1) is 14.5. The monoisotopic (exact) mass is 422 g/mol. The molecule has 1 aliphatic carbocycles. The molecule has 1 fully saturated rings. The minimum Gasteiger partial charge on any atom is -0.308 e. The first kappa shape index (κ1) is 20.3. The van der Waals surface area contributed by atoms with Crippen molar-refractivity contribution in [2.75, 3.05) is 16.0 Å². The van der Waals surface area contributed by atoms with Crippen molar-refractivity contribution in [3.8, 4) is 0 Å². The van der Waals surface area contributed by atoms with Gasteiger partial charge in [-0.2, -0.15) is 0 Å². The molecule has 1 aromatic heterocycles. The number of fused-ring (bicyclic) bond motifs is 1. The number of nitrogens with one attached hydrogen (secondary N) is 3. The van der Waals surface area contributed by atoms with Crippen LogP contribution < -0.4 is 16.0 Å². The van der Waals surface area contributed by atoms with Gasteiger partial charge in [-0.25, -0.2) is 9.78 Å². The van der Waals surface area contributed by atoms with Crippen LogP contribution in [0.4, 0.5) is 21.3 Å². The zero-order chi connectivity index (χ0) is 21.1. The largest absolute Gasteiger partial charge is 0.323 e. The van der Waals surface area contributed by atoms with Crippen LogP contribution in [0.2, 0.25) is 0 Å². The molecule has 1 saturated carbocycles. The van der Waals surface area contributed by atoms with E-state index in [4.69, 9.17) is 0 Å². The summed E-state index contributed by atoms with van der Waals surface area (Å²) in [6, 6.07) is 11.1. The number of amides is 3. The molecule has 30 heavy (non-hydrogen) atoms. The topological polar surface area (TPSA) is 83.1 Å². The molecule has 1 aliphatic rings. The number of carbonyl (C=O) groups is 2. The molecule has 0 spiro atoms. The quantitative estimate of drug-likeness (QED) is 0.477. The van der Waals surface area contributed by atoms with E-state index in [9.17, 15) is 9.59 Å². The van der Waals surface area contributed by atoms with E-state index < -0.39 is 0 Å². The van der Waals surface area contributed by atoms with E-state index in [2.05, 4.69) is 20.9 Å². The van der Waals surface area contributed by atoms with E-state index in [1.165, 1.54) is 17.8 Å². The smallest absolute Gasteiger partial charge is 0.308 e. The molecule has 0 aliphatic heterocycles. The molecule has 0 bridgehead atoms. The molecule has 0 radical (unpaired) electrons. The van der Waals surface area contributed by atoms with Gasteiger partial charge in [-0.05, 0) is 62.1 Å². The normalized spacial score (nSPS) is 14.5. The summed E-state index contributed by atoms with van der Waals surface area (Å²) < 4.78 is 0.967. The van der Waals surface area contributed by atoms with Gasteiger partial charge in [-0.3, -0.25) is 4.79 Å². The SMILES string of the molecule is Cc1cccc(NC(=O)Nc2ccc3sc(NC(=O)C4CCCCC4)nc3c2)c1C. The minimum absolute atomic E-state index is 0.0695. The van der Waals surface area contributed by atoms with Crippen LogP contribution >= 0.6 is 11.3 Å². The summed E-state index contributed by atoms with van der Waals surface area (Å²) >= 11 is 1.45. The first-order valence-corrected chi connectivity index (χ1v) is 11.2. The maximum Gasteiger partial charge on any atom is 0.323 e. The molecule has 0 saturated heterocycles. The summed E-state index contributed by atoms with van der Waals surface area (Å²) in [5.41, 5.74) is 4.36. The first-order valence-electron chi connectivity index (χ1n) is 10.4. The van der Waals surface area contributed by atoms with Gasteiger partial charge in [0.1, 0.15) is 0 Å². The van der Waals surface area contributed by atoms with Gasteiger partial charge in [0.15, 0.2) is 5.13 Å². The summed E-state index contributed by atoms with van der Waals surface area (Å²) in [5, 5.41) is 9.33. The number of carbonyl (C=O) groups excluding carboxylic acids is 2. The van der Waals surface area contributed by atoms with Gasteiger partial charge < -0.3 is 16.0 Å². The molecule has 0 unspecified atom stereocenters. The van der Waals surface area contributed by atoms with Crippen LogP contribution in [0, 0.1) is 19.8 Å². The second kappa shape index (κ2) is 8.83. The Hall–Kier alpha value is -2.93. The lowest BCUT2D eigenvalue weighted by Gasteiger charge is -2.19. The van der Waals surface area contributed by atoms with Crippen molar-refractivity contribution in [2.45, 2.75) is 46.0 Å². The number of rotatable bonds is 4. The van der Waals surface area contributed by atoms with Crippen molar-refractivity contribution >= 4 is 50.0 Å². The molecule has 2 aromatic carbocycles. The van der Waals surface area contributed by atoms with Gasteiger partial charge in [-0.15, -0.1) is 0 Å². The predicted molar refractivity (Wildman–Crippen MR) is 123 cm³/mol. The van der Waals surface area contributed by atoms with Gasteiger partial charge in [-0.1, -0.05) is 42.7 Å². The van der Waals surface area contributed by atoms with Crippen LogP contribution in [0.3, 0.4) is 0 Å². The number of nitrogens with zero attached hydrogens (tertiary/aromatic N) is 1. The number of hydrogen-bond donors (Lipinski definition) is 3. The number of benzene rings is 2. The maximum atomic E-state index is 12.5. The van der Waals surface area contributed by atoms with E-state index in [0.717, 1.165) is 52.7 Å². The van der Waals surface area contributed by atoms with E-state index in [1.54, 1.807) is 0 Å². The Kier molecular flexibility index (Phi) is 5.99. The predicted octanol–water partition coefficient (Wildman–Crippen LogP) is 6.08. The van der Waals surface area contributed by atoms with Crippen LogP contribution in [-0.4, -0.2) is 16.9 Å². The van der Waals surface area contributed by atoms with Crippen molar-refractivity contribution in [1.82, 2.24) is 4.98 Å². The average molecular weight is 423 g/mol. The summed E-state index contributed by atoms with van der Waals surface area (Å²) in [4.78, 5) is 29.4. The molecule has 3 aromatic rings. The molecule has 0 atom stereocenters. The summed E-state index contributed by atoms with van der Waals surface area (Å²) in [6.07, 6.45) is 5.38. The fourth-order valence-corrected chi connectivity index (χ4v) is 4.65. The van der Waals surface area contributed by atoms with E-state index in [-0.39, 0.29) is 17.9 Å². The summed E-state index contributed by atoms with van der Waals surface area (Å²) in [7, 11) is 0. The number of anilines is 3. The van der Waals surface area contributed by atoms with Gasteiger partial charge in [0.2, 0.25) is 5.91 Å². The lowest BCUT2D eigenvalue weighted by atomic mass is 9.89. The highest BCUT2D eigenvalue weighted by molar-refractivity contribution is 7.22. The number of aryl methyl sites for hydroxylation is 1. The Morgan fingerprint density at radius 3 is 2.60 bits per heavy atom. The third-order valence-corrected chi connectivity index (χ3v) is 6.66. The lowest BCUT2D eigenvalue weighted by Crippen LogP contribution is -2.24. The Balaban J connectivity index is 1.42. The van der Waals surface area contributed by atoms with Crippen LogP contribution in [0.15, 0.2) is 36.4 Å². The molecule has 1 heterocycles. The van der Waals surface area contributed by atoms with Gasteiger partial charge in [0.05, 0.1) is 10.2 Å². The highest BCUT2D eigenvalue weighted by atomic mass is 32.1. The molecule has 6 nitrogen and oxygen atoms in total. The maximum absolute atomic E-state index is 12.5. The fraction of sp³-hybridized carbons (Fsp3) is 0.348. The van der Waals surface area contributed by atoms with Crippen molar-refractivity contribution in [3.63, 3.8) is 0 Å². The van der Waals surface area contributed by atoms with Crippen molar-refractivity contribution in [3.05, 3.63) is 47.5 Å². The molecular weight excluding hydrogens is 396 g/mol. The van der Waals surface area contributed by atoms with Gasteiger partial charge >= 0.3 is 6.03 Å². The van der Waals surface area contributed by atoms with Crippen molar-refractivity contribution in [2.24, 2.45) is 5.92 Å². The Morgan fingerprint density at radius 1 is 1.00 bits per heavy atom. The number of thiazole rings is 1. The van der Waals surface area contributed by atoms with E-state index in [0.29, 0.717) is 10.8 Å². The van der Waals surface area contributed by atoms with Crippen LogP contribution in [0.25, 0.3) is 10.2 Å². The highest BCUT2D eigenvalue weighted by Gasteiger charge is 2.22. The number of hydrogen-bond acceptors (Lipinski definition) is 4. The van der Waals surface area contributed by atoms with Crippen molar-refractivity contribution < 1.29 is 9.59 Å². The Bertz CT molecular complexity index is 1090. The van der Waals surface area contributed by atoms with E-state index in [1.807, 2.05) is 50.2 Å². The zero-order valence-corrected chi connectivity index (χ0v) is 18.1. The molecule has 3 N–H and O–H groups in total. The zero-order valence-electron chi connectivity index (χ0n) is 17.2. The van der Waals surface area contributed by atoms with Crippen LogP contribution in [-0.2, 0) is 4.79 Å². The molecule has 4 rings (SSSR count).